The molecule has 0 bridgehead atoms. The fourth-order valence-electron chi connectivity index (χ4n) is 2.11. The molecule has 5 heteroatoms. The maximum Gasteiger partial charge on any atom is 0.315 e. The Morgan fingerprint density at radius 2 is 1.95 bits per heavy atom. The molecule has 0 saturated heterocycles. The largest absolute Gasteiger partial charge is 0.407 e. The van der Waals surface area contributed by atoms with E-state index in [1.807, 2.05) is 0 Å². The van der Waals surface area contributed by atoms with Gasteiger partial charge in [0, 0.05) is 12.1 Å². The zero-order valence-corrected chi connectivity index (χ0v) is 12.7. The third-order valence-electron chi connectivity index (χ3n) is 3.95. The molecular weight excluding hydrogens is 240 g/mol. The smallest absolute Gasteiger partial charge is 0.315 e. The van der Waals surface area contributed by atoms with E-state index >= 15 is 0 Å². The van der Waals surface area contributed by atoms with E-state index in [0.717, 1.165) is 6.54 Å². The highest BCUT2D eigenvalue weighted by molar-refractivity contribution is 5.20. The van der Waals surface area contributed by atoms with Gasteiger partial charge in [-0.15, -0.1) is 5.10 Å². The van der Waals surface area contributed by atoms with Gasteiger partial charge in [-0.1, -0.05) is 18.9 Å². The highest BCUT2D eigenvalue weighted by Crippen LogP contribution is 2.51. The summed E-state index contributed by atoms with van der Waals surface area (Å²) in [6.07, 6.45) is 2.59. The summed E-state index contributed by atoms with van der Waals surface area (Å²) in [5.41, 5.74) is 0.496. The van der Waals surface area contributed by atoms with Gasteiger partial charge in [0.1, 0.15) is 0 Å². The summed E-state index contributed by atoms with van der Waals surface area (Å²) in [6.45, 7) is 12.4. The fraction of sp³-hybridized carbons (Fsp3) is 0.857. The van der Waals surface area contributed by atoms with Crippen LogP contribution in [0.3, 0.4) is 0 Å². The minimum absolute atomic E-state index is 0.0533. The Morgan fingerprint density at radius 3 is 2.47 bits per heavy atom. The van der Waals surface area contributed by atoms with Crippen molar-refractivity contribution in [2.75, 3.05) is 11.9 Å². The molecule has 0 radical (unpaired) electrons. The average Bonchev–Trinajstić information content (AvgIpc) is 2.97. The number of aromatic nitrogens is 2. The van der Waals surface area contributed by atoms with Gasteiger partial charge in [0.15, 0.2) is 0 Å². The Kier molecular flexibility index (Phi) is 3.85. The molecule has 0 atom stereocenters. The van der Waals surface area contributed by atoms with Crippen LogP contribution in [-0.2, 0) is 6.54 Å². The van der Waals surface area contributed by atoms with E-state index in [-0.39, 0.29) is 5.54 Å². The molecule has 108 valence electrons. The van der Waals surface area contributed by atoms with Gasteiger partial charge in [0.25, 0.3) is 0 Å². The SMILES string of the molecule is CC(C)C1(CNc2nnc(CNC(C)(C)C)o2)CC1. The van der Waals surface area contributed by atoms with Crippen LogP contribution in [0.4, 0.5) is 6.01 Å². The lowest BCUT2D eigenvalue weighted by molar-refractivity contribution is 0.368. The lowest BCUT2D eigenvalue weighted by Gasteiger charge is -2.19. The first-order chi connectivity index (χ1) is 8.81. The molecule has 1 heterocycles. The van der Waals surface area contributed by atoms with Crippen LogP contribution in [0.15, 0.2) is 4.42 Å². The Morgan fingerprint density at radius 1 is 1.26 bits per heavy atom. The molecule has 0 unspecified atom stereocenters. The normalized spacial score (nSPS) is 17.8. The van der Waals surface area contributed by atoms with Crippen molar-refractivity contribution in [3.8, 4) is 0 Å². The van der Waals surface area contributed by atoms with Gasteiger partial charge in [-0.3, -0.25) is 0 Å². The molecule has 1 saturated carbocycles. The summed E-state index contributed by atoms with van der Waals surface area (Å²) < 4.78 is 5.59. The zero-order chi connectivity index (χ0) is 14.1. The molecule has 2 N–H and O–H groups in total. The molecule has 1 fully saturated rings. The van der Waals surface area contributed by atoms with Gasteiger partial charge in [0.2, 0.25) is 5.89 Å². The standard InChI is InChI=1S/C14H26N4O/c1-10(2)14(6-7-14)9-15-12-18-17-11(19-12)8-16-13(3,4)5/h10,16H,6-9H2,1-5H3,(H,15,18). The van der Waals surface area contributed by atoms with Crippen molar-refractivity contribution in [2.24, 2.45) is 11.3 Å². The molecule has 0 aromatic carbocycles. The van der Waals surface area contributed by atoms with Gasteiger partial charge < -0.3 is 15.1 Å². The summed E-state index contributed by atoms with van der Waals surface area (Å²) in [7, 11) is 0. The molecule has 0 amide bonds. The number of nitrogens with one attached hydrogen (secondary N) is 2. The van der Waals surface area contributed by atoms with Gasteiger partial charge in [-0.05, 0) is 44.9 Å². The lowest BCUT2D eigenvalue weighted by Crippen LogP contribution is -2.35. The minimum Gasteiger partial charge on any atom is -0.407 e. The molecule has 1 aromatic rings. The van der Waals surface area contributed by atoms with Gasteiger partial charge in [0.05, 0.1) is 6.54 Å². The Balaban J connectivity index is 1.81. The number of anilines is 1. The molecule has 1 aliphatic rings. The van der Waals surface area contributed by atoms with E-state index in [9.17, 15) is 0 Å². The Bertz CT molecular complexity index is 415. The van der Waals surface area contributed by atoms with E-state index in [2.05, 4.69) is 55.4 Å². The molecule has 19 heavy (non-hydrogen) atoms. The van der Waals surface area contributed by atoms with E-state index < -0.39 is 0 Å². The molecule has 0 spiro atoms. The zero-order valence-electron chi connectivity index (χ0n) is 12.7. The summed E-state index contributed by atoms with van der Waals surface area (Å²) in [5.74, 6) is 1.33. The van der Waals surface area contributed by atoms with Crippen molar-refractivity contribution < 1.29 is 4.42 Å². The van der Waals surface area contributed by atoms with Crippen molar-refractivity contribution in [3.05, 3.63) is 5.89 Å². The summed E-state index contributed by atoms with van der Waals surface area (Å²) in [5, 5.41) is 14.7. The third-order valence-corrected chi connectivity index (χ3v) is 3.95. The number of rotatable bonds is 6. The third kappa shape index (κ3) is 3.93. The van der Waals surface area contributed by atoms with Crippen LogP contribution in [0.1, 0.15) is 53.4 Å². The Labute approximate surface area is 115 Å². The first-order valence-electron chi connectivity index (χ1n) is 7.12. The second kappa shape index (κ2) is 5.12. The fourth-order valence-corrected chi connectivity index (χ4v) is 2.11. The molecule has 5 nitrogen and oxygen atoms in total. The first-order valence-corrected chi connectivity index (χ1v) is 7.12. The molecule has 0 aliphatic heterocycles. The van der Waals surface area contributed by atoms with Crippen molar-refractivity contribution in [1.29, 1.82) is 0 Å². The average molecular weight is 266 g/mol. The van der Waals surface area contributed by atoms with Crippen LogP contribution in [0.2, 0.25) is 0 Å². The van der Waals surface area contributed by atoms with Gasteiger partial charge in [-0.2, -0.15) is 0 Å². The van der Waals surface area contributed by atoms with Crippen LogP contribution < -0.4 is 10.6 Å². The van der Waals surface area contributed by atoms with Crippen LogP contribution >= 0.6 is 0 Å². The monoisotopic (exact) mass is 266 g/mol. The first kappa shape index (κ1) is 14.3. The van der Waals surface area contributed by atoms with Crippen LogP contribution in [0.5, 0.6) is 0 Å². The molecule has 1 aliphatic carbocycles. The van der Waals surface area contributed by atoms with Gasteiger partial charge in [-0.25, -0.2) is 0 Å². The topological polar surface area (TPSA) is 63.0 Å². The maximum absolute atomic E-state index is 5.59. The maximum atomic E-state index is 5.59. The minimum atomic E-state index is 0.0533. The van der Waals surface area contributed by atoms with Crippen LogP contribution in [0, 0.1) is 11.3 Å². The highest BCUT2D eigenvalue weighted by atomic mass is 16.4. The molecule has 1 aromatic heterocycles. The highest BCUT2D eigenvalue weighted by Gasteiger charge is 2.45. The molecular formula is C14H26N4O. The summed E-state index contributed by atoms with van der Waals surface area (Å²) >= 11 is 0. The second-order valence-electron chi connectivity index (χ2n) is 6.98. The van der Waals surface area contributed by atoms with Crippen molar-refractivity contribution in [1.82, 2.24) is 15.5 Å². The van der Waals surface area contributed by atoms with Crippen LogP contribution in [-0.4, -0.2) is 22.3 Å². The second-order valence-corrected chi connectivity index (χ2v) is 6.98. The number of hydrogen-bond donors (Lipinski definition) is 2. The predicted octanol–water partition coefficient (Wildman–Crippen LogP) is 2.81. The van der Waals surface area contributed by atoms with Gasteiger partial charge >= 0.3 is 6.01 Å². The Hall–Kier alpha value is -1.10. The van der Waals surface area contributed by atoms with Crippen molar-refractivity contribution in [2.45, 2.75) is 59.5 Å². The van der Waals surface area contributed by atoms with Crippen molar-refractivity contribution >= 4 is 6.01 Å². The van der Waals surface area contributed by atoms with Crippen LogP contribution in [0.25, 0.3) is 0 Å². The van der Waals surface area contributed by atoms with E-state index in [0.29, 0.717) is 29.8 Å². The summed E-state index contributed by atoms with van der Waals surface area (Å²) in [4.78, 5) is 0. The predicted molar refractivity (Wildman–Crippen MR) is 75.9 cm³/mol. The van der Waals surface area contributed by atoms with E-state index in [4.69, 9.17) is 4.42 Å². The number of hydrogen-bond acceptors (Lipinski definition) is 5. The molecule has 2 rings (SSSR count). The van der Waals surface area contributed by atoms with Crippen molar-refractivity contribution in [3.63, 3.8) is 0 Å². The summed E-state index contributed by atoms with van der Waals surface area (Å²) in [6, 6.07) is 0.539. The quantitative estimate of drug-likeness (QED) is 0.829. The number of nitrogens with zero attached hydrogens (tertiary/aromatic N) is 2. The lowest BCUT2D eigenvalue weighted by atomic mass is 9.92. The van der Waals surface area contributed by atoms with E-state index in [1.165, 1.54) is 12.8 Å². The van der Waals surface area contributed by atoms with E-state index in [1.54, 1.807) is 0 Å².